The van der Waals surface area contributed by atoms with Crippen molar-refractivity contribution in [2.45, 2.75) is 30.7 Å². The Morgan fingerprint density at radius 2 is 1.85 bits per heavy atom. The molecule has 0 aromatic heterocycles. The quantitative estimate of drug-likeness (QED) is 0.816. The lowest BCUT2D eigenvalue weighted by Crippen LogP contribution is -2.48. The fraction of sp³-hybridized carbons (Fsp3) is 0.533. The van der Waals surface area contributed by atoms with E-state index in [-0.39, 0.29) is 11.4 Å². The summed E-state index contributed by atoms with van der Waals surface area (Å²) in [5.41, 5.74) is 8.16. The van der Waals surface area contributed by atoms with E-state index in [0.717, 1.165) is 38.0 Å². The molecule has 0 radical (unpaired) electrons. The van der Waals surface area contributed by atoms with E-state index in [0.29, 0.717) is 4.99 Å². The Morgan fingerprint density at radius 3 is 2.30 bits per heavy atom. The molecular weight excluding hydrogens is 288 g/mol. The van der Waals surface area contributed by atoms with Crippen LogP contribution in [0.4, 0.5) is 0 Å². The molecule has 0 amide bonds. The van der Waals surface area contributed by atoms with Gasteiger partial charge in [-0.05, 0) is 30.2 Å². The predicted molar refractivity (Wildman–Crippen MR) is 89.9 cm³/mol. The number of piperidine rings is 1. The molecule has 2 rings (SSSR count). The van der Waals surface area contributed by atoms with E-state index in [1.54, 1.807) is 11.8 Å². The molecule has 0 saturated carbocycles. The molecule has 3 nitrogen and oxygen atoms in total. The molecular formula is C15H22N2OS2. The highest BCUT2D eigenvalue weighted by Crippen LogP contribution is 2.35. The fourth-order valence-corrected chi connectivity index (χ4v) is 3.88. The Morgan fingerprint density at radius 1 is 1.30 bits per heavy atom. The molecule has 0 unspecified atom stereocenters. The number of aliphatic hydroxyl groups excluding tert-OH is 1. The van der Waals surface area contributed by atoms with E-state index in [4.69, 9.17) is 23.1 Å². The molecule has 110 valence electrons. The smallest absolute Gasteiger partial charge is 0.0891 e. The molecule has 1 aromatic carbocycles. The highest BCUT2D eigenvalue weighted by molar-refractivity contribution is 8.02. The van der Waals surface area contributed by atoms with Gasteiger partial charge in [-0.2, -0.15) is 11.8 Å². The number of nitrogens with two attached hydrogens (primary N) is 1. The molecule has 1 aromatic rings. The Balaban J connectivity index is 1.92. The number of rotatable bonds is 5. The largest absolute Gasteiger partial charge is 0.392 e. The van der Waals surface area contributed by atoms with E-state index in [1.165, 1.54) is 5.56 Å². The fourth-order valence-electron chi connectivity index (χ4n) is 2.63. The van der Waals surface area contributed by atoms with Crippen molar-refractivity contribution in [3.05, 3.63) is 35.4 Å². The average molecular weight is 310 g/mol. The lowest BCUT2D eigenvalue weighted by atomic mass is 9.95. The van der Waals surface area contributed by atoms with E-state index < -0.39 is 0 Å². The average Bonchev–Trinajstić information content (AvgIpc) is 2.49. The summed E-state index contributed by atoms with van der Waals surface area (Å²) in [4.78, 5) is 3.10. The minimum Gasteiger partial charge on any atom is -0.392 e. The first-order chi connectivity index (χ1) is 9.59. The first-order valence-corrected chi connectivity index (χ1v) is 8.49. The zero-order valence-electron chi connectivity index (χ0n) is 11.8. The second-order valence-electron chi connectivity index (χ2n) is 5.31. The van der Waals surface area contributed by atoms with Crippen molar-refractivity contribution < 1.29 is 5.11 Å². The number of thioether (sulfide) groups is 1. The van der Waals surface area contributed by atoms with Crippen molar-refractivity contribution >= 4 is 29.0 Å². The second kappa shape index (κ2) is 6.89. The van der Waals surface area contributed by atoms with Crippen molar-refractivity contribution in [1.82, 2.24) is 4.90 Å². The normalized spacial score (nSPS) is 18.9. The lowest BCUT2D eigenvalue weighted by molar-refractivity contribution is 0.212. The van der Waals surface area contributed by atoms with Gasteiger partial charge in [-0.15, -0.1) is 0 Å². The minimum absolute atomic E-state index is 0.00736. The summed E-state index contributed by atoms with van der Waals surface area (Å²) >= 11 is 7.03. The van der Waals surface area contributed by atoms with Gasteiger partial charge >= 0.3 is 0 Å². The standard InChI is InChI=1S/C15H22N2OS2/c1-20-15(14(16)19)6-8-17(9-7-15)10-12-2-4-13(11-18)5-3-12/h2-5,18H,6-11H2,1H3,(H2,16,19). The maximum Gasteiger partial charge on any atom is 0.0891 e. The van der Waals surface area contributed by atoms with Gasteiger partial charge in [0.25, 0.3) is 0 Å². The summed E-state index contributed by atoms with van der Waals surface area (Å²) in [5, 5.41) is 9.05. The Kier molecular flexibility index (Phi) is 5.43. The monoisotopic (exact) mass is 310 g/mol. The summed E-state index contributed by atoms with van der Waals surface area (Å²) < 4.78 is -0.00736. The van der Waals surface area contributed by atoms with Gasteiger partial charge in [-0.3, -0.25) is 4.90 Å². The highest BCUT2D eigenvalue weighted by atomic mass is 32.2. The zero-order valence-corrected chi connectivity index (χ0v) is 13.5. The van der Waals surface area contributed by atoms with E-state index in [2.05, 4.69) is 23.3 Å². The van der Waals surface area contributed by atoms with Crippen molar-refractivity contribution in [2.75, 3.05) is 19.3 Å². The SMILES string of the molecule is CSC1(C(N)=S)CCN(Cc2ccc(CO)cc2)CC1. The molecule has 0 aliphatic carbocycles. The highest BCUT2D eigenvalue weighted by Gasteiger charge is 2.36. The number of hydrogen-bond acceptors (Lipinski definition) is 4. The number of aliphatic hydroxyl groups is 1. The van der Waals surface area contributed by atoms with Crippen LogP contribution < -0.4 is 5.73 Å². The van der Waals surface area contributed by atoms with Gasteiger partial charge in [0.1, 0.15) is 0 Å². The Labute approximate surface area is 130 Å². The molecule has 5 heteroatoms. The van der Waals surface area contributed by atoms with Gasteiger partial charge < -0.3 is 10.8 Å². The second-order valence-corrected chi connectivity index (χ2v) is 6.94. The third-order valence-electron chi connectivity index (χ3n) is 4.12. The molecule has 1 fully saturated rings. The number of benzene rings is 1. The summed E-state index contributed by atoms with van der Waals surface area (Å²) in [6, 6.07) is 8.16. The number of thiocarbonyl (C=S) groups is 1. The summed E-state index contributed by atoms with van der Waals surface area (Å²) in [6.45, 7) is 3.11. The van der Waals surface area contributed by atoms with Crippen LogP contribution in [0.1, 0.15) is 24.0 Å². The third-order valence-corrected chi connectivity index (χ3v) is 6.04. The van der Waals surface area contributed by atoms with E-state index in [9.17, 15) is 0 Å². The molecule has 0 bridgehead atoms. The van der Waals surface area contributed by atoms with Crippen LogP contribution in [0, 0.1) is 0 Å². The van der Waals surface area contributed by atoms with Crippen LogP contribution in [0.3, 0.4) is 0 Å². The van der Waals surface area contributed by atoms with Crippen LogP contribution >= 0.6 is 24.0 Å². The molecule has 1 heterocycles. The molecule has 1 saturated heterocycles. The van der Waals surface area contributed by atoms with Crippen LogP contribution in [-0.2, 0) is 13.2 Å². The summed E-state index contributed by atoms with van der Waals surface area (Å²) in [7, 11) is 0. The van der Waals surface area contributed by atoms with E-state index in [1.807, 2.05) is 12.1 Å². The van der Waals surface area contributed by atoms with Gasteiger partial charge in [0.2, 0.25) is 0 Å². The topological polar surface area (TPSA) is 49.5 Å². The number of hydrogen-bond donors (Lipinski definition) is 2. The minimum atomic E-state index is -0.00736. The van der Waals surface area contributed by atoms with E-state index >= 15 is 0 Å². The van der Waals surface area contributed by atoms with Crippen LogP contribution in [0.15, 0.2) is 24.3 Å². The van der Waals surface area contributed by atoms with Gasteiger partial charge in [0.15, 0.2) is 0 Å². The van der Waals surface area contributed by atoms with Crippen LogP contribution in [0.25, 0.3) is 0 Å². The van der Waals surface area contributed by atoms with Crippen molar-refractivity contribution in [2.24, 2.45) is 5.73 Å². The Hall–Kier alpha value is -0.620. The van der Waals surface area contributed by atoms with Crippen LogP contribution in [0.2, 0.25) is 0 Å². The number of likely N-dealkylation sites (tertiary alicyclic amines) is 1. The third kappa shape index (κ3) is 3.52. The van der Waals surface area contributed by atoms with Crippen molar-refractivity contribution in [3.8, 4) is 0 Å². The first-order valence-electron chi connectivity index (χ1n) is 6.86. The molecule has 1 aliphatic rings. The molecule has 3 N–H and O–H groups in total. The molecule has 1 aliphatic heterocycles. The maximum atomic E-state index is 9.05. The van der Waals surface area contributed by atoms with Crippen LogP contribution in [-0.4, -0.2) is 39.1 Å². The van der Waals surface area contributed by atoms with Gasteiger partial charge in [0.05, 0.1) is 16.3 Å². The summed E-state index contributed by atoms with van der Waals surface area (Å²) in [6.07, 6.45) is 4.15. The van der Waals surface area contributed by atoms with Crippen molar-refractivity contribution in [3.63, 3.8) is 0 Å². The molecule has 0 atom stereocenters. The molecule has 0 spiro atoms. The zero-order chi connectivity index (χ0) is 14.6. The maximum absolute atomic E-state index is 9.05. The predicted octanol–water partition coefficient (Wildman–Crippen LogP) is 2.16. The van der Waals surface area contributed by atoms with Gasteiger partial charge in [0, 0.05) is 19.6 Å². The number of nitrogens with zero attached hydrogens (tertiary/aromatic N) is 1. The summed E-state index contributed by atoms with van der Waals surface area (Å²) in [5.74, 6) is 0. The lowest BCUT2D eigenvalue weighted by Gasteiger charge is -2.40. The van der Waals surface area contributed by atoms with Crippen molar-refractivity contribution in [1.29, 1.82) is 0 Å². The first kappa shape index (κ1) is 15.8. The van der Waals surface area contributed by atoms with Gasteiger partial charge in [-0.25, -0.2) is 0 Å². The van der Waals surface area contributed by atoms with Crippen LogP contribution in [0.5, 0.6) is 0 Å². The van der Waals surface area contributed by atoms with Gasteiger partial charge in [-0.1, -0.05) is 36.5 Å². The Bertz CT molecular complexity index is 453. The molecule has 20 heavy (non-hydrogen) atoms.